The summed E-state index contributed by atoms with van der Waals surface area (Å²) in [6, 6.07) is 0. The van der Waals surface area contributed by atoms with Gasteiger partial charge in [-0.25, -0.2) is 0 Å². The van der Waals surface area contributed by atoms with Crippen LogP contribution in [0.5, 0.6) is 0 Å². The van der Waals surface area contributed by atoms with Crippen molar-refractivity contribution in [3.63, 3.8) is 0 Å². The second kappa shape index (κ2) is 68.6. The molecule has 0 aliphatic carbocycles. The minimum absolute atomic E-state index is 0.0600. The number of esters is 2. The van der Waals surface area contributed by atoms with E-state index in [0.717, 1.165) is 70.6 Å². The van der Waals surface area contributed by atoms with Crippen LogP contribution in [0.1, 0.15) is 361 Å². The SMILES string of the molecule is CC/C=C\C/C=C\C/C=C\C/C=C\C/C=C\C/C=C\CCCCCCCCCCCCCCCCCCCCCCCCC(=O)OC(CO)COC(=O)CCCCCCCCCCCCCCCCCCCCCCCCC. The molecule has 1 N–H and O–H groups in total. The number of hydrogen-bond donors (Lipinski definition) is 1. The van der Waals surface area contributed by atoms with Crippen LogP contribution in [0, 0.1) is 0 Å². The van der Waals surface area contributed by atoms with Crippen LogP contribution in [0.2, 0.25) is 0 Å². The van der Waals surface area contributed by atoms with Crippen molar-refractivity contribution in [1.82, 2.24) is 0 Å². The topological polar surface area (TPSA) is 72.8 Å². The van der Waals surface area contributed by atoms with E-state index in [9.17, 15) is 14.7 Å². The molecular formula is C73H132O5. The minimum atomic E-state index is -0.770. The number of aliphatic hydroxyl groups is 1. The zero-order chi connectivity index (χ0) is 56.2. The molecule has 0 aliphatic rings. The van der Waals surface area contributed by atoms with Crippen LogP contribution in [0.25, 0.3) is 0 Å². The molecule has 0 aromatic heterocycles. The Hall–Kier alpha value is -2.66. The molecule has 78 heavy (non-hydrogen) atoms. The van der Waals surface area contributed by atoms with Gasteiger partial charge in [-0.05, 0) is 64.2 Å². The summed E-state index contributed by atoms with van der Waals surface area (Å²) in [7, 11) is 0. The third-order valence-electron chi connectivity index (χ3n) is 15.5. The first-order valence-corrected chi connectivity index (χ1v) is 34.5. The number of ether oxygens (including phenoxy) is 2. The Kier molecular flexibility index (Phi) is 66.3. The van der Waals surface area contributed by atoms with Crippen LogP contribution >= 0.6 is 0 Å². The van der Waals surface area contributed by atoms with Crippen molar-refractivity contribution in [2.45, 2.75) is 367 Å². The molecule has 0 radical (unpaired) electrons. The number of hydrogen-bond acceptors (Lipinski definition) is 5. The Morgan fingerprint density at radius 2 is 0.551 bits per heavy atom. The van der Waals surface area contributed by atoms with Gasteiger partial charge < -0.3 is 14.6 Å². The Morgan fingerprint density at radius 1 is 0.308 bits per heavy atom. The van der Waals surface area contributed by atoms with Gasteiger partial charge in [-0.15, -0.1) is 0 Å². The van der Waals surface area contributed by atoms with Gasteiger partial charge in [-0.3, -0.25) is 9.59 Å². The highest BCUT2D eigenvalue weighted by atomic mass is 16.6. The molecule has 0 aromatic carbocycles. The van der Waals surface area contributed by atoms with Gasteiger partial charge >= 0.3 is 11.9 Å². The molecule has 5 nitrogen and oxygen atoms in total. The lowest BCUT2D eigenvalue weighted by molar-refractivity contribution is -0.161. The fourth-order valence-corrected chi connectivity index (χ4v) is 10.4. The third-order valence-corrected chi connectivity index (χ3v) is 15.5. The van der Waals surface area contributed by atoms with E-state index in [0.29, 0.717) is 12.8 Å². The first-order valence-electron chi connectivity index (χ1n) is 34.5. The van der Waals surface area contributed by atoms with Crippen molar-refractivity contribution in [3.05, 3.63) is 72.9 Å². The molecule has 1 atom stereocenters. The lowest BCUT2D eigenvalue weighted by atomic mass is 10.0. The lowest BCUT2D eigenvalue weighted by Crippen LogP contribution is -2.28. The molecule has 0 fully saturated rings. The Bertz CT molecular complexity index is 1370. The first kappa shape index (κ1) is 75.3. The summed E-state index contributed by atoms with van der Waals surface area (Å²) in [5.74, 6) is -0.568. The molecule has 0 amide bonds. The van der Waals surface area contributed by atoms with Crippen LogP contribution in [-0.2, 0) is 19.1 Å². The van der Waals surface area contributed by atoms with Crippen molar-refractivity contribution in [2.75, 3.05) is 13.2 Å². The molecule has 1 unspecified atom stereocenters. The van der Waals surface area contributed by atoms with Crippen molar-refractivity contribution < 1.29 is 24.2 Å². The number of allylic oxidation sites excluding steroid dienone is 12. The minimum Gasteiger partial charge on any atom is -0.462 e. The average molecular weight is 1090 g/mol. The van der Waals surface area contributed by atoms with Crippen LogP contribution < -0.4 is 0 Å². The molecule has 0 bridgehead atoms. The second-order valence-electron chi connectivity index (χ2n) is 23.2. The van der Waals surface area contributed by atoms with Crippen molar-refractivity contribution in [3.8, 4) is 0 Å². The Labute approximate surface area is 486 Å². The fraction of sp³-hybridized carbons (Fsp3) is 0.808. The van der Waals surface area contributed by atoms with E-state index in [2.05, 4.69) is 86.8 Å². The van der Waals surface area contributed by atoms with Crippen molar-refractivity contribution in [1.29, 1.82) is 0 Å². The summed E-state index contributed by atoms with van der Waals surface area (Å²) in [6.07, 6.45) is 95.1. The molecule has 5 heteroatoms. The highest BCUT2D eigenvalue weighted by molar-refractivity contribution is 5.70. The lowest BCUT2D eigenvalue weighted by Gasteiger charge is -2.15. The molecule has 0 spiro atoms. The number of carbonyl (C=O) groups is 2. The van der Waals surface area contributed by atoms with Crippen LogP contribution in [0.4, 0.5) is 0 Å². The summed E-state index contributed by atoms with van der Waals surface area (Å²) in [6.45, 7) is 4.08. The monoisotopic (exact) mass is 1090 g/mol. The average Bonchev–Trinajstić information content (AvgIpc) is 3.44. The molecular weight excluding hydrogens is 957 g/mol. The van der Waals surface area contributed by atoms with Gasteiger partial charge in [-0.1, -0.05) is 356 Å². The number of aliphatic hydroxyl groups excluding tert-OH is 1. The van der Waals surface area contributed by atoms with E-state index in [4.69, 9.17) is 9.47 Å². The zero-order valence-corrected chi connectivity index (χ0v) is 52.2. The number of rotatable bonds is 64. The third kappa shape index (κ3) is 65.9. The Balaban J connectivity index is 3.40. The summed E-state index contributed by atoms with van der Waals surface area (Å²) >= 11 is 0. The highest BCUT2D eigenvalue weighted by Gasteiger charge is 2.16. The first-order chi connectivity index (χ1) is 38.6. The van der Waals surface area contributed by atoms with Gasteiger partial charge in [-0.2, -0.15) is 0 Å². The van der Waals surface area contributed by atoms with Gasteiger partial charge in [0, 0.05) is 12.8 Å². The quantitative estimate of drug-likeness (QED) is 0.0373. The van der Waals surface area contributed by atoms with E-state index in [1.54, 1.807) is 0 Å². The largest absolute Gasteiger partial charge is 0.462 e. The zero-order valence-electron chi connectivity index (χ0n) is 52.2. The fourth-order valence-electron chi connectivity index (χ4n) is 10.4. The molecule has 0 saturated carbocycles. The van der Waals surface area contributed by atoms with Gasteiger partial charge in [0.2, 0.25) is 0 Å². The van der Waals surface area contributed by atoms with Gasteiger partial charge in [0.15, 0.2) is 6.10 Å². The maximum Gasteiger partial charge on any atom is 0.306 e. The number of unbranched alkanes of at least 4 members (excludes halogenated alkanes) is 44. The van der Waals surface area contributed by atoms with Crippen LogP contribution in [0.15, 0.2) is 72.9 Å². The molecule has 454 valence electrons. The standard InChI is InChI=1S/C73H132O5/c1-3-5-7-9-11-13-15-17-19-21-23-25-27-28-29-30-31-32-33-34-35-36-37-38-39-40-41-42-43-44-46-48-50-52-54-56-58-60-62-64-66-68-73(76)78-71(69-74)70-77-72(75)67-65-63-61-59-57-55-53-51-49-47-45-26-24-22-20-18-16-14-12-10-8-6-4-2/h5,7,11,13,17,19,23,25,28-29,31-32,71,74H,3-4,6,8-10,12,14-16,18,20-22,24,26-27,30,33-70H2,1-2H3/b7-5-,13-11-,19-17-,25-23-,29-28-,32-31-. The maximum atomic E-state index is 12.4. The predicted molar refractivity (Wildman–Crippen MR) is 343 cm³/mol. The van der Waals surface area contributed by atoms with E-state index in [-0.39, 0.29) is 25.2 Å². The normalized spacial score (nSPS) is 12.6. The predicted octanol–water partition coefficient (Wildman–Crippen LogP) is 23.9. The highest BCUT2D eigenvalue weighted by Crippen LogP contribution is 2.19. The van der Waals surface area contributed by atoms with E-state index < -0.39 is 6.10 Å². The summed E-state index contributed by atoms with van der Waals surface area (Å²) in [4.78, 5) is 24.6. The Morgan fingerprint density at radius 3 is 0.833 bits per heavy atom. The molecule has 0 aromatic rings. The summed E-state index contributed by atoms with van der Waals surface area (Å²) in [5, 5.41) is 9.69. The second-order valence-corrected chi connectivity index (χ2v) is 23.2. The van der Waals surface area contributed by atoms with Crippen molar-refractivity contribution in [2.24, 2.45) is 0 Å². The van der Waals surface area contributed by atoms with Crippen molar-refractivity contribution >= 4 is 11.9 Å². The van der Waals surface area contributed by atoms with Gasteiger partial charge in [0.25, 0.3) is 0 Å². The van der Waals surface area contributed by atoms with E-state index in [1.807, 2.05) is 0 Å². The molecule has 0 rings (SSSR count). The molecule has 0 heterocycles. The van der Waals surface area contributed by atoms with Gasteiger partial charge in [0.05, 0.1) is 6.61 Å². The van der Waals surface area contributed by atoms with Gasteiger partial charge in [0.1, 0.15) is 6.61 Å². The smallest absolute Gasteiger partial charge is 0.306 e. The van der Waals surface area contributed by atoms with Crippen LogP contribution in [0.3, 0.4) is 0 Å². The van der Waals surface area contributed by atoms with E-state index in [1.165, 1.54) is 263 Å². The molecule has 0 saturated heterocycles. The summed E-state index contributed by atoms with van der Waals surface area (Å²) in [5.41, 5.74) is 0. The number of carbonyl (C=O) groups excluding carboxylic acids is 2. The van der Waals surface area contributed by atoms with Crippen LogP contribution in [-0.4, -0.2) is 36.4 Å². The molecule has 0 aliphatic heterocycles. The summed E-state index contributed by atoms with van der Waals surface area (Å²) < 4.78 is 10.8. The maximum absolute atomic E-state index is 12.4. The van der Waals surface area contributed by atoms with E-state index >= 15 is 0 Å².